The first-order valence-electron chi connectivity index (χ1n) is 7.05. The lowest BCUT2D eigenvalue weighted by Gasteiger charge is -2.23. The van der Waals surface area contributed by atoms with Crippen LogP contribution in [0.1, 0.15) is 39.7 Å². The maximum atomic E-state index is 9.83. The van der Waals surface area contributed by atoms with Gasteiger partial charge in [0.1, 0.15) is 18.5 Å². The number of nitrogens with one attached hydrogen (secondary N) is 1. The van der Waals surface area contributed by atoms with Crippen molar-refractivity contribution >= 4 is 0 Å². The molecule has 1 atom stereocenters. The number of aryl methyl sites for hydroxylation is 1. The first kappa shape index (κ1) is 16.0. The van der Waals surface area contributed by atoms with Crippen molar-refractivity contribution in [1.29, 1.82) is 0 Å². The van der Waals surface area contributed by atoms with Crippen molar-refractivity contribution in [3.8, 4) is 5.75 Å². The Morgan fingerprint density at radius 2 is 1.84 bits per heavy atom. The molecule has 0 saturated heterocycles. The third-order valence-corrected chi connectivity index (χ3v) is 2.77. The Morgan fingerprint density at radius 3 is 2.37 bits per heavy atom. The standard InChI is InChI=1S/C16H27NO2/c1-5-6-13-7-9-15(10-8-13)19-12-14(18)11-17-16(2,3)4/h7-10,14,17-18H,5-6,11-12H2,1-4H3. The summed E-state index contributed by atoms with van der Waals surface area (Å²) in [7, 11) is 0. The van der Waals surface area contributed by atoms with E-state index in [4.69, 9.17) is 4.74 Å². The molecule has 1 rings (SSSR count). The SMILES string of the molecule is CCCc1ccc(OCC(O)CNC(C)(C)C)cc1. The fourth-order valence-corrected chi connectivity index (χ4v) is 1.72. The molecule has 1 aromatic carbocycles. The Balaban J connectivity index is 2.31. The second-order valence-corrected chi connectivity index (χ2v) is 5.99. The zero-order chi connectivity index (χ0) is 14.3. The summed E-state index contributed by atoms with van der Waals surface area (Å²) in [5.41, 5.74) is 1.34. The van der Waals surface area contributed by atoms with E-state index in [0.29, 0.717) is 13.2 Å². The Kier molecular flexibility index (Phi) is 6.32. The molecule has 19 heavy (non-hydrogen) atoms. The van der Waals surface area contributed by atoms with Crippen molar-refractivity contribution in [3.05, 3.63) is 29.8 Å². The summed E-state index contributed by atoms with van der Waals surface area (Å²) in [5.74, 6) is 0.815. The van der Waals surface area contributed by atoms with Crippen molar-refractivity contribution in [3.63, 3.8) is 0 Å². The number of aliphatic hydroxyl groups excluding tert-OH is 1. The third-order valence-electron chi connectivity index (χ3n) is 2.77. The van der Waals surface area contributed by atoms with E-state index in [1.54, 1.807) is 0 Å². The molecule has 0 fully saturated rings. The molecular weight excluding hydrogens is 238 g/mol. The zero-order valence-electron chi connectivity index (χ0n) is 12.6. The van der Waals surface area contributed by atoms with E-state index in [9.17, 15) is 5.11 Å². The van der Waals surface area contributed by atoms with Gasteiger partial charge in [-0.25, -0.2) is 0 Å². The molecule has 0 spiro atoms. The molecule has 0 aliphatic carbocycles. The lowest BCUT2D eigenvalue weighted by molar-refractivity contribution is 0.100. The number of hydrogen-bond donors (Lipinski definition) is 2. The topological polar surface area (TPSA) is 41.5 Å². The average molecular weight is 265 g/mol. The normalized spacial score (nSPS) is 13.3. The smallest absolute Gasteiger partial charge is 0.119 e. The minimum atomic E-state index is -0.491. The highest BCUT2D eigenvalue weighted by atomic mass is 16.5. The van der Waals surface area contributed by atoms with Crippen LogP contribution in [0.2, 0.25) is 0 Å². The lowest BCUT2D eigenvalue weighted by Crippen LogP contribution is -2.42. The minimum Gasteiger partial charge on any atom is -0.491 e. The molecule has 108 valence electrons. The summed E-state index contributed by atoms with van der Waals surface area (Å²) in [5, 5.41) is 13.1. The van der Waals surface area contributed by atoms with Crippen LogP contribution in [0.5, 0.6) is 5.75 Å². The highest BCUT2D eigenvalue weighted by molar-refractivity contribution is 5.27. The highest BCUT2D eigenvalue weighted by Crippen LogP contribution is 2.13. The van der Waals surface area contributed by atoms with Crippen LogP contribution in [-0.2, 0) is 6.42 Å². The summed E-state index contributed by atoms with van der Waals surface area (Å²) in [6.45, 7) is 9.25. The van der Waals surface area contributed by atoms with E-state index in [2.05, 4.69) is 45.1 Å². The van der Waals surface area contributed by atoms with Crippen molar-refractivity contribution in [2.45, 2.75) is 52.2 Å². The molecule has 3 heteroatoms. The van der Waals surface area contributed by atoms with Crippen molar-refractivity contribution in [1.82, 2.24) is 5.32 Å². The Labute approximate surface area is 117 Å². The third kappa shape index (κ3) is 7.19. The molecule has 0 bridgehead atoms. The summed E-state index contributed by atoms with van der Waals surface area (Å²) in [4.78, 5) is 0. The van der Waals surface area contributed by atoms with Crippen LogP contribution in [-0.4, -0.2) is 29.9 Å². The summed E-state index contributed by atoms with van der Waals surface area (Å²) >= 11 is 0. The average Bonchev–Trinajstić information content (AvgIpc) is 2.35. The molecule has 1 unspecified atom stereocenters. The molecule has 0 radical (unpaired) electrons. The monoisotopic (exact) mass is 265 g/mol. The largest absolute Gasteiger partial charge is 0.491 e. The summed E-state index contributed by atoms with van der Waals surface area (Å²) in [6, 6.07) is 8.10. The van der Waals surface area contributed by atoms with E-state index in [1.165, 1.54) is 5.56 Å². The molecule has 0 heterocycles. The van der Waals surface area contributed by atoms with Gasteiger partial charge in [0.25, 0.3) is 0 Å². The molecule has 1 aromatic rings. The van der Waals surface area contributed by atoms with Gasteiger partial charge in [-0.2, -0.15) is 0 Å². The Morgan fingerprint density at radius 1 is 1.21 bits per heavy atom. The summed E-state index contributed by atoms with van der Waals surface area (Å²) in [6.07, 6.45) is 1.75. The van der Waals surface area contributed by atoms with Gasteiger partial charge in [0, 0.05) is 12.1 Å². The van der Waals surface area contributed by atoms with Crippen LogP contribution in [0.4, 0.5) is 0 Å². The zero-order valence-corrected chi connectivity index (χ0v) is 12.6. The number of ether oxygens (including phenoxy) is 1. The van der Waals surface area contributed by atoms with Crippen LogP contribution < -0.4 is 10.1 Å². The molecule has 0 saturated carbocycles. The number of benzene rings is 1. The quantitative estimate of drug-likeness (QED) is 0.796. The first-order valence-corrected chi connectivity index (χ1v) is 7.05. The van der Waals surface area contributed by atoms with Crippen molar-refractivity contribution < 1.29 is 9.84 Å². The van der Waals surface area contributed by atoms with Gasteiger partial charge < -0.3 is 15.2 Å². The van der Waals surface area contributed by atoms with Gasteiger partial charge in [0.2, 0.25) is 0 Å². The van der Waals surface area contributed by atoms with Gasteiger partial charge >= 0.3 is 0 Å². The van der Waals surface area contributed by atoms with Gasteiger partial charge in [0.05, 0.1) is 0 Å². The molecule has 0 aromatic heterocycles. The summed E-state index contributed by atoms with van der Waals surface area (Å²) < 4.78 is 5.58. The van der Waals surface area contributed by atoms with Crippen molar-refractivity contribution in [2.75, 3.05) is 13.2 Å². The van der Waals surface area contributed by atoms with E-state index in [-0.39, 0.29) is 5.54 Å². The second-order valence-electron chi connectivity index (χ2n) is 5.99. The predicted octanol–water partition coefficient (Wildman–Crippen LogP) is 2.77. The molecule has 2 N–H and O–H groups in total. The Hall–Kier alpha value is -1.06. The number of aliphatic hydroxyl groups is 1. The van der Waals surface area contributed by atoms with Crippen LogP contribution in [0.3, 0.4) is 0 Å². The second kappa shape index (κ2) is 7.51. The molecular formula is C16H27NO2. The van der Waals surface area contributed by atoms with Gasteiger partial charge in [-0.1, -0.05) is 25.5 Å². The van der Waals surface area contributed by atoms with E-state index >= 15 is 0 Å². The first-order chi connectivity index (χ1) is 8.90. The van der Waals surface area contributed by atoms with Gasteiger partial charge in [-0.3, -0.25) is 0 Å². The van der Waals surface area contributed by atoms with Gasteiger partial charge in [0.15, 0.2) is 0 Å². The van der Waals surface area contributed by atoms with Crippen molar-refractivity contribution in [2.24, 2.45) is 0 Å². The number of β-amino-alcohol motifs (C(OH)–C–C–N with tert-alkyl or cyclic N) is 1. The maximum absolute atomic E-state index is 9.83. The fourth-order valence-electron chi connectivity index (χ4n) is 1.72. The highest BCUT2D eigenvalue weighted by Gasteiger charge is 2.12. The molecule has 0 aliphatic rings. The fraction of sp³-hybridized carbons (Fsp3) is 0.625. The molecule has 0 amide bonds. The van der Waals surface area contributed by atoms with Gasteiger partial charge in [-0.15, -0.1) is 0 Å². The molecule has 3 nitrogen and oxygen atoms in total. The minimum absolute atomic E-state index is 0.0166. The molecule has 0 aliphatic heterocycles. The lowest BCUT2D eigenvalue weighted by atomic mass is 10.1. The maximum Gasteiger partial charge on any atom is 0.119 e. The van der Waals surface area contributed by atoms with Crippen LogP contribution in [0.25, 0.3) is 0 Å². The Bertz CT molecular complexity index is 354. The number of rotatable bonds is 7. The predicted molar refractivity (Wildman–Crippen MR) is 79.7 cm³/mol. The number of hydrogen-bond acceptors (Lipinski definition) is 3. The van der Waals surface area contributed by atoms with Crippen LogP contribution >= 0.6 is 0 Å². The van der Waals surface area contributed by atoms with E-state index < -0.39 is 6.10 Å². The van der Waals surface area contributed by atoms with Crippen LogP contribution in [0.15, 0.2) is 24.3 Å². The van der Waals surface area contributed by atoms with E-state index in [0.717, 1.165) is 18.6 Å². The van der Waals surface area contributed by atoms with E-state index in [1.807, 2.05) is 12.1 Å². The van der Waals surface area contributed by atoms with Crippen LogP contribution in [0, 0.1) is 0 Å². The van der Waals surface area contributed by atoms with Gasteiger partial charge in [-0.05, 0) is 44.9 Å².